The molecule has 0 radical (unpaired) electrons. The lowest BCUT2D eigenvalue weighted by Crippen LogP contribution is -2.45. The van der Waals surface area contributed by atoms with Gasteiger partial charge in [0, 0.05) is 31.4 Å². The van der Waals surface area contributed by atoms with E-state index in [-0.39, 0.29) is 10.9 Å². The molecule has 148 valence electrons. The predicted molar refractivity (Wildman–Crippen MR) is 97.6 cm³/mol. The van der Waals surface area contributed by atoms with E-state index in [2.05, 4.69) is 10.6 Å². The van der Waals surface area contributed by atoms with Crippen molar-refractivity contribution < 1.29 is 18.0 Å². The van der Waals surface area contributed by atoms with E-state index in [9.17, 15) is 22.8 Å². The first kappa shape index (κ1) is 19.6. The monoisotopic (exact) mass is 396 g/mol. The van der Waals surface area contributed by atoms with E-state index in [1.807, 2.05) is 0 Å². The SMILES string of the molecule is O=C(Cn1cc(S(=O)(=O)N2CCCC2)ccc1=O)NC(=O)NC1CCCC1. The van der Waals surface area contributed by atoms with E-state index in [0.717, 1.165) is 55.4 Å². The molecule has 0 bridgehead atoms. The van der Waals surface area contributed by atoms with Crippen molar-refractivity contribution in [1.29, 1.82) is 0 Å². The van der Waals surface area contributed by atoms with Crippen LogP contribution in [0.4, 0.5) is 4.79 Å². The third-order valence-electron chi connectivity index (χ3n) is 4.92. The van der Waals surface area contributed by atoms with Gasteiger partial charge >= 0.3 is 6.03 Å². The number of urea groups is 1. The van der Waals surface area contributed by atoms with Gasteiger partial charge in [-0.15, -0.1) is 0 Å². The van der Waals surface area contributed by atoms with Gasteiger partial charge in [0.25, 0.3) is 5.56 Å². The Morgan fingerprint density at radius 1 is 1.07 bits per heavy atom. The number of sulfonamides is 1. The van der Waals surface area contributed by atoms with Crippen molar-refractivity contribution in [2.24, 2.45) is 0 Å². The van der Waals surface area contributed by atoms with Crippen LogP contribution in [0.15, 0.2) is 28.0 Å². The fraction of sp³-hybridized carbons (Fsp3) is 0.588. The largest absolute Gasteiger partial charge is 0.335 e. The highest BCUT2D eigenvalue weighted by atomic mass is 32.2. The summed E-state index contributed by atoms with van der Waals surface area (Å²) in [6.45, 7) is 0.465. The van der Waals surface area contributed by atoms with Crippen LogP contribution in [0.1, 0.15) is 38.5 Å². The molecule has 1 aliphatic carbocycles. The van der Waals surface area contributed by atoms with E-state index >= 15 is 0 Å². The number of imide groups is 1. The van der Waals surface area contributed by atoms with Crippen LogP contribution in [0.25, 0.3) is 0 Å². The summed E-state index contributed by atoms with van der Waals surface area (Å²) in [7, 11) is -3.69. The molecule has 10 heteroatoms. The summed E-state index contributed by atoms with van der Waals surface area (Å²) in [5.74, 6) is -0.677. The number of hydrogen-bond donors (Lipinski definition) is 2. The van der Waals surface area contributed by atoms with E-state index in [0.29, 0.717) is 13.1 Å². The second-order valence-electron chi connectivity index (χ2n) is 6.95. The Morgan fingerprint density at radius 2 is 1.74 bits per heavy atom. The first-order chi connectivity index (χ1) is 12.9. The summed E-state index contributed by atoms with van der Waals surface area (Å²) >= 11 is 0. The molecular formula is C17H24N4O5S. The molecule has 0 spiro atoms. The maximum Gasteiger partial charge on any atom is 0.321 e. The fourth-order valence-corrected chi connectivity index (χ4v) is 5.01. The lowest BCUT2D eigenvalue weighted by atomic mass is 10.2. The van der Waals surface area contributed by atoms with Crippen molar-refractivity contribution in [2.75, 3.05) is 13.1 Å². The number of amides is 3. The summed E-state index contributed by atoms with van der Waals surface area (Å²) in [5.41, 5.74) is -0.512. The van der Waals surface area contributed by atoms with Gasteiger partial charge in [0.1, 0.15) is 6.54 Å². The molecule has 3 rings (SSSR count). The number of carbonyl (C=O) groups excluding carboxylic acids is 2. The minimum absolute atomic E-state index is 0.0350. The zero-order valence-electron chi connectivity index (χ0n) is 15.0. The number of aromatic nitrogens is 1. The highest BCUT2D eigenvalue weighted by Gasteiger charge is 2.28. The molecule has 1 aromatic rings. The zero-order chi connectivity index (χ0) is 19.4. The van der Waals surface area contributed by atoms with Crippen LogP contribution in [0.3, 0.4) is 0 Å². The molecule has 1 aliphatic heterocycles. The third kappa shape index (κ3) is 4.75. The molecule has 2 aliphatic rings. The fourth-order valence-electron chi connectivity index (χ4n) is 3.48. The average molecular weight is 396 g/mol. The van der Waals surface area contributed by atoms with E-state index in [4.69, 9.17) is 0 Å². The second kappa shape index (κ2) is 8.22. The summed E-state index contributed by atoms with van der Waals surface area (Å²) in [6.07, 6.45) is 6.63. The Balaban J connectivity index is 1.66. The average Bonchev–Trinajstić information content (AvgIpc) is 3.30. The molecule has 27 heavy (non-hydrogen) atoms. The minimum Gasteiger partial charge on any atom is -0.335 e. The quantitative estimate of drug-likeness (QED) is 0.747. The van der Waals surface area contributed by atoms with Crippen LogP contribution in [0.5, 0.6) is 0 Å². The Kier molecular flexibility index (Phi) is 5.95. The summed E-state index contributed by atoms with van der Waals surface area (Å²) in [4.78, 5) is 35.9. The Hall–Kier alpha value is -2.20. The van der Waals surface area contributed by atoms with Crippen molar-refractivity contribution in [1.82, 2.24) is 19.5 Å². The molecule has 0 aromatic carbocycles. The number of nitrogens with one attached hydrogen (secondary N) is 2. The maximum absolute atomic E-state index is 12.6. The molecule has 2 N–H and O–H groups in total. The summed E-state index contributed by atoms with van der Waals surface area (Å²) < 4.78 is 27.6. The Morgan fingerprint density at radius 3 is 2.41 bits per heavy atom. The van der Waals surface area contributed by atoms with Gasteiger partial charge in [-0.05, 0) is 31.7 Å². The van der Waals surface area contributed by atoms with Gasteiger partial charge in [0.2, 0.25) is 15.9 Å². The minimum atomic E-state index is -3.69. The standard InChI is InChI=1S/C17H24N4O5S/c22-15(19-17(24)18-13-5-1-2-6-13)12-20-11-14(7-8-16(20)23)27(25,26)21-9-3-4-10-21/h7-8,11,13H,1-6,9-10,12H2,(H2,18,19,22,24). The van der Waals surface area contributed by atoms with Gasteiger partial charge in [-0.25, -0.2) is 13.2 Å². The van der Waals surface area contributed by atoms with E-state index < -0.39 is 34.1 Å². The van der Waals surface area contributed by atoms with Gasteiger partial charge in [-0.1, -0.05) is 12.8 Å². The summed E-state index contributed by atoms with van der Waals surface area (Å²) in [5, 5.41) is 4.91. The zero-order valence-corrected chi connectivity index (χ0v) is 15.8. The number of rotatable bonds is 5. The second-order valence-corrected chi connectivity index (χ2v) is 8.88. The van der Waals surface area contributed by atoms with Crippen LogP contribution in [-0.4, -0.2) is 48.4 Å². The molecule has 1 saturated heterocycles. The molecule has 0 unspecified atom stereocenters. The van der Waals surface area contributed by atoms with Gasteiger partial charge in [-0.2, -0.15) is 4.31 Å². The lowest BCUT2D eigenvalue weighted by molar-refractivity contribution is -0.120. The van der Waals surface area contributed by atoms with E-state index in [1.165, 1.54) is 10.4 Å². The molecule has 2 fully saturated rings. The highest BCUT2D eigenvalue weighted by Crippen LogP contribution is 2.20. The maximum atomic E-state index is 12.6. The van der Waals surface area contributed by atoms with Crippen LogP contribution < -0.4 is 16.2 Å². The number of carbonyl (C=O) groups is 2. The van der Waals surface area contributed by atoms with E-state index in [1.54, 1.807) is 0 Å². The topological polar surface area (TPSA) is 118 Å². The molecule has 1 aromatic heterocycles. The van der Waals surface area contributed by atoms with Crippen molar-refractivity contribution >= 4 is 22.0 Å². The smallest absolute Gasteiger partial charge is 0.321 e. The molecular weight excluding hydrogens is 372 g/mol. The Bertz CT molecular complexity index is 868. The third-order valence-corrected chi connectivity index (χ3v) is 6.80. The molecule has 1 saturated carbocycles. The van der Waals surface area contributed by atoms with Crippen LogP contribution in [0, 0.1) is 0 Å². The normalized spacial score (nSPS) is 18.5. The summed E-state index contributed by atoms with van der Waals surface area (Å²) in [6, 6.07) is 1.83. The van der Waals surface area contributed by atoms with Crippen LogP contribution in [0.2, 0.25) is 0 Å². The van der Waals surface area contributed by atoms with Gasteiger partial charge in [0.05, 0.1) is 4.90 Å². The number of nitrogens with zero attached hydrogens (tertiary/aromatic N) is 2. The van der Waals surface area contributed by atoms with Gasteiger partial charge < -0.3 is 9.88 Å². The van der Waals surface area contributed by atoms with Crippen LogP contribution >= 0.6 is 0 Å². The molecule has 3 amide bonds. The Labute approximate surface area is 157 Å². The first-order valence-corrected chi connectivity index (χ1v) is 10.6. The predicted octanol–water partition coefficient (Wildman–Crippen LogP) is 0.401. The highest BCUT2D eigenvalue weighted by molar-refractivity contribution is 7.89. The van der Waals surface area contributed by atoms with Gasteiger partial charge in [-0.3, -0.25) is 14.9 Å². The first-order valence-electron chi connectivity index (χ1n) is 9.17. The van der Waals surface area contributed by atoms with Crippen molar-refractivity contribution in [2.45, 2.75) is 56.0 Å². The molecule has 2 heterocycles. The lowest BCUT2D eigenvalue weighted by Gasteiger charge is -2.16. The molecule has 0 atom stereocenters. The van der Waals surface area contributed by atoms with Gasteiger partial charge in [0.15, 0.2) is 0 Å². The van der Waals surface area contributed by atoms with Crippen molar-refractivity contribution in [3.05, 3.63) is 28.7 Å². The number of hydrogen-bond acceptors (Lipinski definition) is 5. The number of pyridine rings is 1. The molecule has 9 nitrogen and oxygen atoms in total. The van der Waals surface area contributed by atoms with Crippen molar-refractivity contribution in [3.63, 3.8) is 0 Å². The van der Waals surface area contributed by atoms with Crippen molar-refractivity contribution in [3.8, 4) is 0 Å². The van der Waals surface area contributed by atoms with Crippen LogP contribution in [-0.2, 0) is 21.4 Å².